The molecule has 6 nitrogen and oxygen atoms in total. The first-order chi connectivity index (χ1) is 12.3. The Balaban J connectivity index is 1.85. The molecule has 6 heteroatoms. The third kappa shape index (κ3) is 3.44. The van der Waals surface area contributed by atoms with Crippen molar-refractivity contribution in [3.8, 4) is 0 Å². The van der Waals surface area contributed by atoms with Crippen LogP contribution in [0.3, 0.4) is 0 Å². The van der Waals surface area contributed by atoms with Crippen LogP contribution in [0.2, 0.25) is 0 Å². The lowest BCUT2D eigenvalue weighted by Gasteiger charge is -2.33. The third-order valence-electron chi connectivity index (χ3n) is 4.63. The number of rotatable bonds is 3. The summed E-state index contributed by atoms with van der Waals surface area (Å²) < 4.78 is 0. The minimum absolute atomic E-state index is 0.0888. The van der Waals surface area contributed by atoms with Crippen molar-refractivity contribution in [2.24, 2.45) is 10.7 Å². The van der Waals surface area contributed by atoms with Crippen molar-refractivity contribution < 1.29 is 9.59 Å². The fraction of sp³-hybridized carbons (Fsp3) is 0.250. The van der Waals surface area contributed by atoms with Crippen LogP contribution in [0.25, 0.3) is 0 Å². The van der Waals surface area contributed by atoms with Gasteiger partial charge in [0.2, 0.25) is 5.91 Å². The molecule has 1 unspecified atom stereocenters. The molecule has 2 aromatic carbocycles. The molecule has 2 aromatic rings. The SMILES string of the molecule is Cc1ccc(C(=O)Nc2cccc(C3(C)CC(=O)N(C)C(N)=N3)c2)cc1. The monoisotopic (exact) mass is 350 g/mol. The molecular formula is C20H22N4O2. The molecule has 26 heavy (non-hydrogen) atoms. The lowest BCUT2D eigenvalue weighted by molar-refractivity contribution is -0.128. The maximum Gasteiger partial charge on any atom is 0.255 e. The normalized spacial score (nSPS) is 19.9. The molecule has 1 heterocycles. The van der Waals surface area contributed by atoms with Crippen LogP contribution < -0.4 is 11.1 Å². The molecule has 0 saturated carbocycles. The van der Waals surface area contributed by atoms with Gasteiger partial charge in [-0.05, 0) is 43.7 Å². The fourth-order valence-corrected chi connectivity index (χ4v) is 2.91. The Labute approximate surface area is 152 Å². The van der Waals surface area contributed by atoms with Gasteiger partial charge >= 0.3 is 0 Å². The Kier molecular flexibility index (Phi) is 4.50. The number of nitrogens with two attached hydrogens (primary N) is 1. The Bertz CT molecular complexity index is 889. The largest absolute Gasteiger partial charge is 0.369 e. The summed E-state index contributed by atoms with van der Waals surface area (Å²) in [6.07, 6.45) is 0.222. The lowest BCUT2D eigenvalue weighted by Crippen LogP contribution is -2.47. The highest BCUT2D eigenvalue weighted by atomic mass is 16.2. The van der Waals surface area contributed by atoms with Crippen molar-refractivity contribution in [1.29, 1.82) is 0 Å². The van der Waals surface area contributed by atoms with Crippen LogP contribution in [0.1, 0.15) is 34.8 Å². The van der Waals surface area contributed by atoms with Gasteiger partial charge in [-0.15, -0.1) is 0 Å². The predicted molar refractivity (Wildman–Crippen MR) is 102 cm³/mol. The Hall–Kier alpha value is -3.15. The number of anilines is 1. The smallest absolute Gasteiger partial charge is 0.255 e. The summed E-state index contributed by atoms with van der Waals surface area (Å²) in [5, 5.41) is 2.89. The summed E-state index contributed by atoms with van der Waals surface area (Å²) in [5.41, 5.74) is 8.28. The molecule has 2 amide bonds. The molecule has 0 radical (unpaired) electrons. The number of guanidine groups is 1. The van der Waals surface area contributed by atoms with Gasteiger partial charge in [0.25, 0.3) is 5.91 Å². The zero-order valence-electron chi connectivity index (χ0n) is 15.1. The molecule has 0 bridgehead atoms. The third-order valence-corrected chi connectivity index (χ3v) is 4.63. The average Bonchev–Trinajstić information content (AvgIpc) is 2.60. The van der Waals surface area contributed by atoms with E-state index in [0.717, 1.165) is 11.1 Å². The number of aryl methyl sites for hydroxylation is 1. The van der Waals surface area contributed by atoms with Crippen LogP contribution in [0.15, 0.2) is 53.5 Å². The van der Waals surface area contributed by atoms with Gasteiger partial charge in [-0.3, -0.25) is 14.5 Å². The van der Waals surface area contributed by atoms with E-state index in [1.807, 2.05) is 50.2 Å². The number of nitrogens with one attached hydrogen (secondary N) is 1. The number of amides is 2. The predicted octanol–water partition coefficient (Wildman–Crippen LogP) is 2.64. The second kappa shape index (κ2) is 6.63. The molecule has 134 valence electrons. The standard InChI is InChI=1S/C20H22N4O2/c1-13-7-9-14(10-8-13)18(26)22-16-6-4-5-15(11-16)20(2)12-17(25)24(3)19(21)23-20/h4-11H,12H2,1-3H3,(H2,21,23)(H,22,26). The Morgan fingerprint density at radius 2 is 1.92 bits per heavy atom. The van der Waals surface area contributed by atoms with Gasteiger partial charge < -0.3 is 11.1 Å². The van der Waals surface area contributed by atoms with Gasteiger partial charge in [0.1, 0.15) is 0 Å². The van der Waals surface area contributed by atoms with Crippen LogP contribution in [-0.4, -0.2) is 29.7 Å². The van der Waals surface area contributed by atoms with Crippen LogP contribution in [0.5, 0.6) is 0 Å². The van der Waals surface area contributed by atoms with E-state index in [9.17, 15) is 9.59 Å². The molecule has 0 aliphatic carbocycles. The molecule has 3 rings (SSSR count). The van der Waals surface area contributed by atoms with Gasteiger partial charge in [-0.2, -0.15) is 0 Å². The van der Waals surface area contributed by atoms with E-state index in [-0.39, 0.29) is 24.2 Å². The first kappa shape index (κ1) is 17.7. The van der Waals surface area contributed by atoms with E-state index < -0.39 is 5.54 Å². The number of carbonyl (C=O) groups excluding carboxylic acids is 2. The molecule has 3 N–H and O–H groups in total. The van der Waals surface area contributed by atoms with E-state index in [2.05, 4.69) is 10.3 Å². The molecule has 1 atom stereocenters. The second-order valence-corrected chi connectivity index (χ2v) is 6.77. The summed E-state index contributed by atoms with van der Waals surface area (Å²) in [7, 11) is 1.61. The topological polar surface area (TPSA) is 87.8 Å². The summed E-state index contributed by atoms with van der Waals surface area (Å²) in [6, 6.07) is 14.7. The van der Waals surface area contributed by atoms with Crippen molar-refractivity contribution in [3.63, 3.8) is 0 Å². The maximum atomic E-state index is 12.4. The molecule has 0 fully saturated rings. The summed E-state index contributed by atoms with van der Waals surface area (Å²) in [6.45, 7) is 3.84. The average molecular weight is 350 g/mol. The minimum Gasteiger partial charge on any atom is -0.369 e. The summed E-state index contributed by atoms with van der Waals surface area (Å²) >= 11 is 0. The van der Waals surface area contributed by atoms with E-state index in [1.165, 1.54) is 4.90 Å². The van der Waals surface area contributed by atoms with Crippen molar-refractivity contribution in [2.45, 2.75) is 25.8 Å². The molecule has 1 aliphatic rings. The van der Waals surface area contributed by atoms with Gasteiger partial charge in [0.15, 0.2) is 5.96 Å². The quantitative estimate of drug-likeness (QED) is 0.892. The van der Waals surface area contributed by atoms with Gasteiger partial charge in [0, 0.05) is 18.3 Å². The number of hydrogen-bond acceptors (Lipinski definition) is 4. The number of hydrogen-bond donors (Lipinski definition) is 2. The zero-order chi connectivity index (χ0) is 18.9. The first-order valence-corrected chi connectivity index (χ1v) is 8.39. The van der Waals surface area contributed by atoms with E-state index in [0.29, 0.717) is 11.3 Å². The van der Waals surface area contributed by atoms with Crippen molar-refractivity contribution in [1.82, 2.24) is 4.90 Å². The van der Waals surface area contributed by atoms with E-state index >= 15 is 0 Å². The Morgan fingerprint density at radius 1 is 1.23 bits per heavy atom. The molecule has 1 aliphatic heterocycles. The van der Waals surface area contributed by atoms with Crippen molar-refractivity contribution >= 4 is 23.5 Å². The van der Waals surface area contributed by atoms with E-state index in [1.54, 1.807) is 19.2 Å². The molecule has 0 aromatic heterocycles. The van der Waals surface area contributed by atoms with Gasteiger partial charge in [-0.25, -0.2) is 4.99 Å². The first-order valence-electron chi connectivity index (χ1n) is 8.39. The zero-order valence-corrected chi connectivity index (χ0v) is 15.1. The van der Waals surface area contributed by atoms with Crippen molar-refractivity contribution in [3.05, 3.63) is 65.2 Å². The highest BCUT2D eigenvalue weighted by molar-refractivity contribution is 6.04. The molecular weight excluding hydrogens is 328 g/mol. The van der Waals surface area contributed by atoms with Gasteiger partial charge in [0.05, 0.1) is 12.0 Å². The maximum absolute atomic E-state index is 12.4. The van der Waals surface area contributed by atoms with Crippen LogP contribution in [-0.2, 0) is 10.3 Å². The lowest BCUT2D eigenvalue weighted by atomic mass is 9.87. The summed E-state index contributed by atoms with van der Waals surface area (Å²) in [5.74, 6) is -0.0817. The van der Waals surface area contributed by atoms with Gasteiger partial charge in [-0.1, -0.05) is 29.8 Å². The number of benzene rings is 2. The Morgan fingerprint density at radius 3 is 2.58 bits per heavy atom. The highest BCUT2D eigenvalue weighted by Gasteiger charge is 2.36. The molecule has 0 spiro atoms. The summed E-state index contributed by atoms with van der Waals surface area (Å²) in [4.78, 5) is 30.4. The van der Waals surface area contributed by atoms with Crippen molar-refractivity contribution in [2.75, 3.05) is 12.4 Å². The highest BCUT2D eigenvalue weighted by Crippen LogP contribution is 2.34. The number of nitrogens with zero attached hydrogens (tertiary/aromatic N) is 2. The number of aliphatic imine (C=N–C) groups is 1. The minimum atomic E-state index is -0.752. The van der Waals surface area contributed by atoms with Crippen LogP contribution >= 0.6 is 0 Å². The second-order valence-electron chi connectivity index (χ2n) is 6.77. The fourth-order valence-electron chi connectivity index (χ4n) is 2.91. The van der Waals surface area contributed by atoms with Crippen LogP contribution in [0.4, 0.5) is 5.69 Å². The molecule has 0 saturated heterocycles. The van der Waals surface area contributed by atoms with Crippen LogP contribution in [0, 0.1) is 6.92 Å². The van der Waals surface area contributed by atoms with E-state index in [4.69, 9.17) is 5.73 Å². The number of carbonyl (C=O) groups is 2.